The van der Waals surface area contributed by atoms with Gasteiger partial charge in [-0.25, -0.2) is 31.3 Å². The molecule has 0 radical (unpaired) electrons. The molecule has 5 aromatic rings. The average Bonchev–Trinajstić information content (AvgIpc) is 3.52. The Balaban J connectivity index is 1.02. The van der Waals surface area contributed by atoms with Crippen molar-refractivity contribution in [3.63, 3.8) is 0 Å². The summed E-state index contributed by atoms with van der Waals surface area (Å²) in [5.41, 5.74) is -0.419. The molecule has 0 saturated carbocycles. The summed E-state index contributed by atoms with van der Waals surface area (Å²) in [5, 5.41) is 4.86. The number of carbonyl (C=O) groups excluding carboxylic acids is 3. The zero-order valence-electron chi connectivity index (χ0n) is 28.7. The minimum Gasteiger partial charge on any atom is -0.381 e. The highest BCUT2D eigenvalue weighted by atomic mass is 32.1. The van der Waals surface area contributed by atoms with Gasteiger partial charge in [-0.05, 0) is 67.3 Å². The molecule has 2 saturated heterocycles. The van der Waals surface area contributed by atoms with Crippen molar-refractivity contribution in [2.75, 3.05) is 53.3 Å². The van der Waals surface area contributed by atoms with Gasteiger partial charge in [-0.2, -0.15) is 0 Å². The van der Waals surface area contributed by atoms with Crippen molar-refractivity contribution in [1.29, 1.82) is 0 Å². The fraction of sp³-hybridized carbons (Fsp3) is 0.231. The number of carbonyl (C=O) groups is 3. The van der Waals surface area contributed by atoms with Crippen LogP contribution >= 0.6 is 11.3 Å². The molecule has 55 heavy (non-hydrogen) atoms. The van der Waals surface area contributed by atoms with Crippen molar-refractivity contribution in [2.45, 2.75) is 19.3 Å². The maximum Gasteiger partial charge on any atom is 0.265 e. The lowest BCUT2D eigenvalue weighted by Gasteiger charge is -2.53. The van der Waals surface area contributed by atoms with Crippen molar-refractivity contribution in [1.82, 2.24) is 4.98 Å². The van der Waals surface area contributed by atoms with Crippen LogP contribution in [-0.2, 0) is 11.2 Å². The molecule has 9 nitrogen and oxygen atoms in total. The van der Waals surface area contributed by atoms with E-state index in [2.05, 4.69) is 15.2 Å². The number of aromatic nitrogens is 1. The SMILES string of the molecule is O=C(Nc1c(F)cc(F)cc1F)c1cc2c(s1)-c1c(cc(F)c(F)c1F)N(C(=O)c1ccc(NC(=O)c3cccnc3N3CC4(CCOCC4)C3)cc1)CC2. The molecule has 3 aliphatic rings. The molecule has 0 bridgehead atoms. The monoisotopic (exact) mass is 777 g/mol. The number of hydrogen-bond acceptors (Lipinski definition) is 7. The Morgan fingerprint density at radius 3 is 2.24 bits per heavy atom. The molecule has 282 valence electrons. The lowest BCUT2D eigenvalue weighted by atomic mass is 9.73. The van der Waals surface area contributed by atoms with E-state index in [1.165, 1.54) is 30.3 Å². The molecule has 3 aromatic carbocycles. The number of pyridine rings is 1. The van der Waals surface area contributed by atoms with Crippen LogP contribution in [0.25, 0.3) is 10.4 Å². The summed E-state index contributed by atoms with van der Waals surface area (Å²) in [6, 6.07) is 12.0. The number of halogens is 6. The van der Waals surface area contributed by atoms with Crippen LogP contribution in [0.5, 0.6) is 0 Å². The minimum atomic E-state index is -1.80. The van der Waals surface area contributed by atoms with Crippen LogP contribution in [0.3, 0.4) is 0 Å². The minimum absolute atomic E-state index is 0.000820. The van der Waals surface area contributed by atoms with E-state index in [0.717, 1.165) is 30.8 Å². The van der Waals surface area contributed by atoms with Crippen LogP contribution in [0.4, 0.5) is 49.2 Å². The maximum absolute atomic E-state index is 15.6. The second kappa shape index (κ2) is 14.2. The Bertz CT molecular complexity index is 2350. The zero-order chi connectivity index (χ0) is 38.6. The predicted octanol–water partition coefficient (Wildman–Crippen LogP) is 7.97. The van der Waals surface area contributed by atoms with Gasteiger partial charge < -0.3 is 25.2 Å². The van der Waals surface area contributed by atoms with Crippen molar-refractivity contribution in [2.24, 2.45) is 5.41 Å². The second-order valence-electron chi connectivity index (χ2n) is 13.6. The number of amides is 3. The lowest BCUT2D eigenvalue weighted by Crippen LogP contribution is -2.59. The van der Waals surface area contributed by atoms with E-state index < -0.39 is 63.9 Å². The van der Waals surface area contributed by atoms with Crippen molar-refractivity contribution in [3.05, 3.63) is 123 Å². The first-order chi connectivity index (χ1) is 26.4. The third-order valence-corrected chi connectivity index (χ3v) is 11.3. The molecule has 16 heteroatoms. The highest BCUT2D eigenvalue weighted by Gasteiger charge is 2.45. The molecular formula is C39H29F6N5O4S. The van der Waals surface area contributed by atoms with Gasteiger partial charge in [0.2, 0.25) is 0 Å². The lowest BCUT2D eigenvalue weighted by molar-refractivity contribution is -0.000510. The normalized spacial score (nSPS) is 15.8. The standard InChI is InChI=1S/C39H29F6N5O4S/c40-22-15-26(42)33(27(43)16-22)48-37(52)29-14-21-7-11-50(28-17-25(41)31(44)32(45)30(28)34(21)55-29)38(53)20-3-5-23(6-4-20)47-36(51)24-2-1-10-46-35(24)49-18-39(19-49)8-12-54-13-9-39/h1-6,10,14-17H,7-9,11-13,18-19H2,(H,47,51)(H,48,52). The third kappa shape index (κ3) is 6.69. The number of ether oxygens (including phenoxy) is 1. The van der Waals surface area contributed by atoms with Gasteiger partial charge in [0.25, 0.3) is 17.7 Å². The Morgan fingerprint density at radius 2 is 1.53 bits per heavy atom. The number of hydrogen-bond donors (Lipinski definition) is 2. The topological polar surface area (TPSA) is 104 Å². The fourth-order valence-electron chi connectivity index (χ4n) is 7.26. The molecule has 3 amide bonds. The molecule has 3 aliphatic heterocycles. The Kier molecular flexibility index (Phi) is 9.33. The highest BCUT2D eigenvalue weighted by Crippen LogP contribution is 2.45. The molecule has 0 aliphatic carbocycles. The molecule has 5 heterocycles. The first kappa shape index (κ1) is 36.2. The molecular weight excluding hydrogens is 749 g/mol. The number of nitrogens with one attached hydrogen (secondary N) is 2. The third-order valence-electron chi connectivity index (χ3n) is 10.1. The van der Waals surface area contributed by atoms with Gasteiger partial charge in [0, 0.05) is 78.8 Å². The summed E-state index contributed by atoms with van der Waals surface area (Å²) >= 11 is 0.640. The van der Waals surface area contributed by atoms with E-state index in [-0.39, 0.29) is 44.9 Å². The molecule has 8 rings (SSSR count). The van der Waals surface area contributed by atoms with E-state index >= 15 is 4.39 Å². The van der Waals surface area contributed by atoms with Gasteiger partial charge in [-0.1, -0.05) is 0 Å². The molecule has 2 N–H and O–H groups in total. The Labute approximate surface area is 313 Å². The van der Waals surface area contributed by atoms with E-state index in [1.54, 1.807) is 18.3 Å². The van der Waals surface area contributed by atoms with Crippen LogP contribution < -0.4 is 20.4 Å². The summed E-state index contributed by atoms with van der Waals surface area (Å²) < 4.78 is 92.4. The zero-order valence-corrected chi connectivity index (χ0v) is 29.5. The van der Waals surface area contributed by atoms with E-state index in [4.69, 9.17) is 4.74 Å². The van der Waals surface area contributed by atoms with Crippen molar-refractivity contribution >= 4 is 51.9 Å². The van der Waals surface area contributed by atoms with Crippen LogP contribution in [0.15, 0.2) is 66.9 Å². The Morgan fingerprint density at radius 1 is 0.818 bits per heavy atom. The van der Waals surface area contributed by atoms with Gasteiger partial charge in [0.1, 0.15) is 17.3 Å². The maximum atomic E-state index is 15.6. The van der Waals surface area contributed by atoms with Gasteiger partial charge >= 0.3 is 0 Å². The first-order valence-corrected chi connectivity index (χ1v) is 18.0. The van der Waals surface area contributed by atoms with Gasteiger partial charge in [0.15, 0.2) is 29.1 Å². The van der Waals surface area contributed by atoms with Crippen molar-refractivity contribution in [3.8, 4) is 10.4 Å². The summed E-state index contributed by atoms with van der Waals surface area (Å²) in [6.45, 7) is 2.81. The van der Waals surface area contributed by atoms with E-state index in [0.29, 0.717) is 59.8 Å². The van der Waals surface area contributed by atoms with Gasteiger partial charge in [-0.15, -0.1) is 11.3 Å². The Hall–Kier alpha value is -5.74. The number of nitrogens with zero attached hydrogens (tertiary/aromatic N) is 3. The predicted molar refractivity (Wildman–Crippen MR) is 193 cm³/mol. The smallest absolute Gasteiger partial charge is 0.265 e. The largest absolute Gasteiger partial charge is 0.381 e. The number of thiophene rings is 1. The van der Waals surface area contributed by atoms with Crippen LogP contribution in [0.2, 0.25) is 0 Å². The fourth-order valence-corrected chi connectivity index (χ4v) is 8.41. The summed E-state index contributed by atoms with van der Waals surface area (Å²) in [6.07, 6.45) is 3.53. The average molecular weight is 778 g/mol. The van der Waals surface area contributed by atoms with Crippen LogP contribution in [0, 0.1) is 40.3 Å². The second-order valence-corrected chi connectivity index (χ2v) is 14.7. The van der Waals surface area contributed by atoms with Gasteiger partial charge in [-0.3, -0.25) is 14.4 Å². The van der Waals surface area contributed by atoms with Crippen molar-refractivity contribution < 1.29 is 45.5 Å². The summed E-state index contributed by atoms with van der Waals surface area (Å²) in [7, 11) is 0. The summed E-state index contributed by atoms with van der Waals surface area (Å²) in [5.74, 6) is -10.4. The van der Waals surface area contributed by atoms with Gasteiger partial charge in [0.05, 0.1) is 21.7 Å². The number of rotatable bonds is 6. The molecule has 0 atom stereocenters. The van der Waals surface area contributed by atoms with Crippen LogP contribution in [-0.4, -0.2) is 55.6 Å². The number of benzene rings is 3. The molecule has 2 aromatic heterocycles. The quantitative estimate of drug-likeness (QED) is 0.134. The van der Waals surface area contributed by atoms with E-state index in [9.17, 15) is 36.3 Å². The molecule has 1 spiro atoms. The number of fused-ring (bicyclic) bond motifs is 3. The van der Waals surface area contributed by atoms with E-state index in [1.807, 2.05) is 5.32 Å². The summed E-state index contributed by atoms with van der Waals surface area (Å²) in [4.78, 5) is 47.8. The van der Waals surface area contributed by atoms with Crippen LogP contribution in [0.1, 0.15) is 48.8 Å². The molecule has 2 fully saturated rings. The molecule has 0 unspecified atom stereocenters. The number of anilines is 4. The highest BCUT2D eigenvalue weighted by molar-refractivity contribution is 7.17. The first-order valence-electron chi connectivity index (χ1n) is 17.2.